The average Bonchev–Trinajstić information content (AvgIpc) is 2.89. The van der Waals surface area contributed by atoms with Gasteiger partial charge in [-0.3, -0.25) is 13.9 Å². The number of hydrogen-bond acceptors (Lipinski definition) is 5. The van der Waals surface area contributed by atoms with Gasteiger partial charge in [0.1, 0.15) is 18.3 Å². The Morgan fingerprint density at radius 2 is 1.55 bits per heavy atom. The van der Waals surface area contributed by atoms with E-state index >= 15 is 0 Å². The SMILES string of the molecule is COc1ccc(CN(C(=O)CN(c2cccc(C)c2)S(=O)(=O)c2ccc(C)cc2)C(C)C(=O)NC(C)(C)C)cc1. The number of carbonyl (C=O) groups excluding carboxylic acids is 2. The lowest BCUT2D eigenvalue weighted by molar-refractivity contribution is -0.140. The summed E-state index contributed by atoms with van der Waals surface area (Å²) in [5.41, 5.74) is 2.39. The van der Waals surface area contributed by atoms with Crippen molar-refractivity contribution in [1.29, 1.82) is 0 Å². The third-order valence-electron chi connectivity index (χ3n) is 6.35. The zero-order chi connectivity index (χ0) is 29.7. The van der Waals surface area contributed by atoms with Crippen molar-refractivity contribution in [3.63, 3.8) is 0 Å². The molecule has 0 bridgehead atoms. The molecule has 2 amide bonds. The molecule has 0 spiro atoms. The van der Waals surface area contributed by atoms with Crippen LogP contribution < -0.4 is 14.4 Å². The van der Waals surface area contributed by atoms with Crippen molar-refractivity contribution in [2.24, 2.45) is 0 Å². The van der Waals surface area contributed by atoms with Gasteiger partial charge < -0.3 is 15.0 Å². The molecule has 0 saturated heterocycles. The number of aryl methyl sites for hydroxylation is 2. The first kappa shape index (κ1) is 30.7. The number of amides is 2. The van der Waals surface area contributed by atoms with E-state index < -0.39 is 34.1 Å². The van der Waals surface area contributed by atoms with E-state index in [2.05, 4.69) is 5.32 Å². The standard InChI is InChI=1S/C31H39N3O5S/c1-22-11-17-28(18-12-22)40(37,38)34(26-10-8-9-23(2)19-26)21-29(35)33(24(3)30(36)32-31(4,5)6)20-25-13-15-27(39-7)16-14-25/h8-19,24H,20-21H2,1-7H3,(H,32,36). The number of nitrogens with one attached hydrogen (secondary N) is 1. The van der Waals surface area contributed by atoms with Crippen molar-refractivity contribution in [3.8, 4) is 5.75 Å². The lowest BCUT2D eigenvalue weighted by atomic mass is 10.1. The summed E-state index contributed by atoms with van der Waals surface area (Å²) in [5, 5.41) is 2.93. The highest BCUT2D eigenvalue weighted by molar-refractivity contribution is 7.92. The molecule has 9 heteroatoms. The second-order valence-corrected chi connectivity index (χ2v) is 12.8. The van der Waals surface area contributed by atoms with Crippen molar-refractivity contribution in [2.45, 2.75) is 64.6 Å². The molecule has 3 aromatic carbocycles. The van der Waals surface area contributed by atoms with Gasteiger partial charge in [0.05, 0.1) is 17.7 Å². The highest BCUT2D eigenvalue weighted by atomic mass is 32.2. The van der Waals surface area contributed by atoms with E-state index in [1.165, 1.54) is 17.0 Å². The normalized spacial score (nSPS) is 12.4. The first-order valence-electron chi connectivity index (χ1n) is 13.1. The summed E-state index contributed by atoms with van der Waals surface area (Å²) in [6.45, 7) is 10.6. The highest BCUT2D eigenvalue weighted by Gasteiger charge is 2.33. The summed E-state index contributed by atoms with van der Waals surface area (Å²) in [6, 6.07) is 19.8. The first-order chi connectivity index (χ1) is 18.7. The zero-order valence-electron chi connectivity index (χ0n) is 24.3. The zero-order valence-corrected chi connectivity index (χ0v) is 25.1. The minimum absolute atomic E-state index is 0.0765. The maximum atomic E-state index is 14.0. The molecule has 3 rings (SSSR count). The molecule has 0 aliphatic carbocycles. The number of hydrogen-bond donors (Lipinski definition) is 1. The number of ether oxygens (including phenoxy) is 1. The van der Waals surface area contributed by atoms with Crippen LogP contribution >= 0.6 is 0 Å². The molecule has 0 saturated carbocycles. The van der Waals surface area contributed by atoms with E-state index in [-0.39, 0.29) is 17.3 Å². The van der Waals surface area contributed by atoms with Crippen LogP contribution in [0.25, 0.3) is 0 Å². The number of nitrogens with zero attached hydrogens (tertiary/aromatic N) is 2. The van der Waals surface area contributed by atoms with Gasteiger partial charge in [0.25, 0.3) is 10.0 Å². The van der Waals surface area contributed by atoms with Crippen LogP contribution in [0.1, 0.15) is 44.4 Å². The van der Waals surface area contributed by atoms with Gasteiger partial charge in [-0.1, -0.05) is 42.0 Å². The molecule has 0 aliphatic rings. The largest absolute Gasteiger partial charge is 0.497 e. The van der Waals surface area contributed by atoms with Crippen molar-refractivity contribution >= 4 is 27.5 Å². The van der Waals surface area contributed by atoms with Crippen molar-refractivity contribution in [3.05, 3.63) is 89.5 Å². The molecule has 8 nitrogen and oxygen atoms in total. The lowest BCUT2D eigenvalue weighted by Gasteiger charge is -2.33. The van der Waals surface area contributed by atoms with Gasteiger partial charge in [-0.15, -0.1) is 0 Å². The van der Waals surface area contributed by atoms with Gasteiger partial charge in [0.15, 0.2) is 0 Å². The predicted octanol–water partition coefficient (Wildman–Crippen LogP) is 4.84. The third-order valence-corrected chi connectivity index (χ3v) is 8.14. The fourth-order valence-electron chi connectivity index (χ4n) is 4.13. The molecule has 0 aliphatic heterocycles. The third kappa shape index (κ3) is 7.85. The smallest absolute Gasteiger partial charge is 0.264 e. The quantitative estimate of drug-likeness (QED) is 0.380. The van der Waals surface area contributed by atoms with Gasteiger partial charge in [-0.25, -0.2) is 8.42 Å². The number of methoxy groups -OCH3 is 1. The Balaban J connectivity index is 2.03. The van der Waals surface area contributed by atoms with Crippen molar-refractivity contribution < 1.29 is 22.7 Å². The van der Waals surface area contributed by atoms with Gasteiger partial charge in [0, 0.05) is 12.1 Å². The molecule has 1 unspecified atom stereocenters. The molecule has 0 radical (unpaired) electrons. The average molecular weight is 566 g/mol. The molecule has 0 heterocycles. The Hall–Kier alpha value is -3.85. The number of sulfonamides is 1. The van der Waals surface area contributed by atoms with Crippen LogP contribution in [0, 0.1) is 13.8 Å². The number of rotatable bonds is 10. The van der Waals surface area contributed by atoms with E-state index in [1.807, 2.05) is 52.8 Å². The minimum Gasteiger partial charge on any atom is -0.497 e. The first-order valence-corrected chi connectivity index (χ1v) is 14.6. The van der Waals surface area contributed by atoms with Crippen molar-refractivity contribution in [1.82, 2.24) is 10.2 Å². The molecule has 1 atom stereocenters. The van der Waals surface area contributed by atoms with Crippen LogP contribution in [0.4, 0.5) is 5.69 Å². The summed E-state index contributed by atoms with van der Waals surface area (Å²) in [5.74, 6) is -0.183. The Kier molecular flexibility index (Phi) is 9.63. The predicted molar refractivity (Wildman–Crippen MR) is 158 cm³/mol. The van der Waals surface area contributed by atoms with Crippen LogP contribution in [0.15, 0.2) is 77.7 Å². The molecule has 3 aromatic rings. The lowest BCUT2D eigenvalue weighted by Crippen LogP contribution is -2.54. The molecule has 1 N–H and O–H groups in total. The van der Waals surface area contributed by atoms with Crippen LogP contribution in [-0.2, 0) is 26.2 Å². The Morgan fingerprint density at radius 3 is 2.10 bits per heavy atom. The fraction of sp³-hybridized carbons (Fsp3) is 0.355. The molecule has 0 fully saturated rings. The van der Waals surface area contributed by atoms with Crippen LogP contribution in [0.3, 0.4) is 0 Å². The Bertz CT molecular complexity index is 1430. The van der Waals surface area contributed by atoms with Crippen LogP contribution in [0.5, 0.6) is 5.75 Å². The number of benzene rings is 3. The second kappa shape index (κ2) is 12.6. The topological polar surface area (TPSA) is 96.0 Å². The van der Waals surface area contributed by atoms with Gasteiger partial charge >= 0.3 is 0 Å². The van der Waals surface area contributed by atoms with E-state index in [9.17, 15) is 18.0 Å². The van der Waals surface area contributed by atoms with Crippen LogP contribution in [-0.4, -0.2) is 50.4 Å². The fourth-order valence-corrected chi connectivity index (χ4v) is 5.54. The number of anilines is 1. The second-order valence-electron chi connectivity index (χ2n) is 10.9. The molecular formula is C31H39N3O5S. The monoisotopic (exact) mass is 565 g/mol. The summed E-state index contributed by atoms with van der Waals surface area (Å²) in [7, 11) is -2.54. The maximum absolute atomic E-state index is 14.0. The van der Waals surface area contributed by atoms with Gasteiger partial charge in [-0.05, 0) is 89.1 Å². The highest BCUT2D eigenvalue weighted by Crippen LogP contribution is 2.26. The van der Waals surface area contributed by atoms with E-state index in [0.29, 0.717) is 11.4 Å². The molecule has 214 valence electrons. The molecular weight excluding hydrogens is 526 g/mol. The van der Waals surface area contributed by atoms with Crippen LogP contribution in [0.2, 0.25) is 0 Å². The number of carbonyl (C=O) groups is 2. The van der Waals surface area contributed by atoms with E-state index in [1.54, 1.807) is 56.5 Å². The van der Waals surface area contributed by atoms with Gasteiger partial charge in [-0.2, -0.15) is 0 Å². The Morgan fingerprint density at radius 1 is 0.925 bits per heavy atom. The summed E-state index contributed by atoms with van der Waals surface area (Å²) in [4.78, 5) is 28.7. The summed E-state index contributed by atoms with van der Waals surface area (Å²) in [6.07, 6.45) is 0. The maximum Gasteiger partial charge on any atom is 0.264 e. The molecule has 40 heavy (non-hydrogen) atoms. The van der Waals surface area contributed by atoms with E-state index in [4.69, 9.17) is 4.74 Å². The van der Waals surface area contributed by atoms with Crippen molar-refractivity contribution in [2.75, 3.05) is 18.0 Å². The minimum atomic E-state index is -4.10. The summed E-state index contributed by atoms with van der Waals surface area (Å²) < 4.78 is 34.1. The Labute approximate surface area is 238 Å². The summed E-state index contributed by atoms with van der Waals surface area (Å²) >= 11 is 0. The van der Waals surface area contributed by atoms with Gasteiger partial charge in [0.2, 0.25) is 11.8 Å². The molecule has 0 aromatic heterocycles. The van der Waals surface area contributed by atoms with E-state index in [0.717, 1.165) is 21.0 Å².